The van der Waals surface area contributed by atoms with Crippen molar-refractivity contribution in [1.82, 2.24) is 4.31 Å². The van der Waals surface area contributed by atoms with Crippen LogP contribution < -0.4 is 10.5 Å². The van der Waals surface area contributed by atoms with E-state index in [-0.39, 0.29) is 36.8 Å². The van der Waals surface area contributed by atoms with E-state index in [4.69, 9.17) is 15.6 Å². The molecule has 3 N–H and O–H groups in total. The number of carboxylic acids is 1. The van der Waals surface area contributed by atoms with Crippen molar-refractivity contribution in [3.8, 4) is 5.75 Å². The van der Waals surface area contributed by atoms with Crippen molar-refractivity contribution in [3.05, 3.63) is 60.2 Å². The minimum Gasteiger partial charge on any atom is -0.485 e. The molecule has 0 saturated carbocycles. The molecule has 3 rings (SSSR count). The van der Waals surface area contributed by atoms with E-state index in [0.717, 1.165) is 0 Å². The molecule has 1 aliphatic heterocycles. The average Bonchev–Trinajstić information content (AvgIpc) is 2.60. The molecule has 1 aliphatic rings. The number of hydrogen-bond donors (Lipinski definition) is 2. The molecule has 0 bridgehead atoms. The SMILES string of the molecule is CC1(Oc2ccccc2)CN(S(=O)(=O)c2cccc(CC(N)C(=O)O)c2)C1.Cl. The minimum atomic E-state index is -3.68. The van der Waals surface area contributed by atoms with Gasteiger partial charge < -0.3 is 15.6 Å². The molecule has 1 heterocycles. The smallest absolute Gasteiger partial charge is 0.320 e. The quantitative estimate of drug-likeness (QED) is 0.699. The zero-order chi connectivity index (χ0) is 19.7. The maximum absolute atomic E-state index is 12.8. The fourth-order valence-corrected chi connectivity index (χ4v) is 4.77. The third-order valence-electron chi connectivity index (χ3n) is 4.44. The molecule has 9 heteroatoms. The van der Waals surface area contributed by atoms with Crippen LogP contribution in [0, 0.1) is 0 Å². The summed E-state index contributed by atoms with van der Waals surface area (Å²) in [7, 11) is -3.68. The molecular formula is C19H23ClN2O5S. The molecule has 0 aliphatic carbocycles. The monoisotopic (exact) mass is 426 g/mol. The molecule has 152 valence electrons. The van der Waals surface area contributed by atoms with Gasteiger partial charge in [0.2, 0.25) is 10.0 Å². The number of ether oxygens (including phenoxy) is 1. The van der Waals surface area contributed by atoms with Crippen LogP contribution in [0.4, 0.5) is 0 Å². The van der Waals surface area contributed by atoms with Gasteiger partial charge in [0.1, 0.15) is 17.4 Å². The highest BCUT2D eigenvalue weighted by Crippen LogP contribution is 2.32. The summed E-state index contributed by atoms with van der Waals surface area (Å²) in [5, 5.41) is 8.92. The molecule has 2 aromatic carbocycles. The second-order valence-electron chi connectivity index (χ2n) is 6.93. The molecular weight excluding hydrogens is 404 g/mol. The lowest BCUT2D eigenvalue weighted by molar-refractivity contribution is -0.138. The van der Waals surface area contributed by atoms with Crippen molar-refractivity contribution >= 4 is 28.4 Å². The van der Waals surface area contributed by atoms with Crippen molar-refractivity contribution in [3.63, 3.8) is 0 Å². The Morgan fingerprint density at radius 2 is 1.86 bits per heavy atom. The Morgan fingerprint density at radius 3 is 2.46 bits per heavy atom. The first-order chi connectivity index (χ1) is 12.7. The first kappa shape index (κ1) is 22.2. The van der Waals surface area contributed by atoms with Crippen molar-refractivity contribution in [2.45, 2.75) is 29.9 Å². The molecule has 2 aromatic rings. The van der Waals surface area contributed by atoms with E-state index in [9.17, 15) is 13.2 Å². The highest BCUT2D eigenvalue weighted by atomic mass is 35.5. The van der Waals surface area contributed by atoms with Crippen molar-refractivity contribution < 1.29 is 23.1 Å². The normalized spacial score (nSPS) is 17.1. The lowest BCUT2D eigenvalue weighted by atomic mass is 10.00. The highest BCUT2D eigenvalue weighted by Gasteiger charge is 2.47. The van der Waals surface area contributed by atoms with Crippen LogP contribution in [0.25, 0.3) is 0 Å². The maximum atomic E-state index is 12.8. The Bertz CT molecular complexity index is 930. The van der Waals surface area contributed by atoms with Crippen LogP contribution >= 0.6 is 12.4 Å². The number of halogens is 1. The van der Waals surface area contributed by atoms with E-state index in [0.29, 0.717) is 11.3 Å². The van der Waals surface area contributed by atoms with Crippen LogP contribution in [0.5, 0.6) is 5.75 Å². The summed E-state index contributed by atoms with van der Waals surface area (Å²) in [4.78, 5) is 11.0. The van der Waals surface area contributed by atoms with E-state index >= 15 is 0 Å². The summed E-state index contributed by atoms with van der Waals surface area (Å²) in [6, 6.07) is 14.4. The van der Waals surface area contributed by atoms with Gasteiger partial charge in [0.25, 0.3) is 0 Å². The standard InChI is InChI=1S/C19H22N2O5S.ClH/c1-19(26-15-7-3-2-4-8-15)12-21(13-19)27(24,25)16-9-5-6-14(10-16)11-17(20)18(22)23;/h2-10,17H,11-13,20H2,1H3,(H,22,23);1H. The molecule has 1 saturated heterocycles. The number of benzene rings is 2. The zero-order valence-electron chi connectivity index (χ0n) is 15.3. The molecule has 0 spiro atoms. The molecule has 0 amide bonds. The van der Waals surface area contributed by atoms with Crippen molar-refractivity contribution in [1.29, 1.82) is 0 Å². The lowest BCUT2D eigenvalue weighted by Crippen LogP contribution is -2.64. The average molecular weight is 427 g/mol. The Morgan fingerprint density at radius 1 is 1.21 bits per heavy atom. The molecule has 0 aromatic heterocycles. The van der Waals surface area contributed by atoms with E-state index in [2.05, 4.69) is 0 Å². The number of rotatable bonds is 7. The lowest BCUT2D eigenvalue weighted by Gasteiger charge is -2.46. The number of para-hydroxylation sites is 1. The van der Waals surface area contributed by atoms with Crippen LogP contribution in [0.15, 0.2) is 59.5 Å². The van der Waals surface area contributed by atoms with E-state index in [1.807, 2.05) is 37.3 Å². The van der Waals surface area contributed by atoms with Crippen LogP contribution in [0.1, 0.15) is 12.5 Å². The summed E-state index contributed by atoms with van der Waals surface area (Å²) in [6.45, 7) is 2.35. The van der Waals surface area contributed by atoms with Gasteiger partial charge in [-0.1, -0.05) is 30.3 Å². The van der Waals surface area contributed by atoms with Crippen LogP contribution in [-0.4, -0.2) is 48.5 Å². The van der Waals surface area contributed by atoms with Gasteiger partial charge in [-0.15, -0.1) is 12.4 Å². The number of carbonyl (C=O) groups is 1. The largest absolute Gasteiger partial charge is 0.485 e. The summed E-state index contributed by atoms with van der Waals surface area (Å²) < 4.78 is 33.0. The summed E-state index contributed by atoms with van der Waals surface area (Å²) in [5.41, 5.74) is 5.52. The molecule has 1 atom stereocenters. The van der Waals surface area contributed by atoms with Crippen molar-refractivity contribution in [2.75, 3.05) is 13.1 Å². The number of aliphatic carboxylic acids is 1. The Hall–Kier alpha value is -2.13. The first-order valence-corrected chi connectivity index (χ1v) is 9.95. The van der Waals surface area contributed by atoms with Crippen LogP contribution in [0.3, 0.4) is 0 Å². The van der Waals surface area contributed by atoms with Gasteiger partial charge in [0.15, 0.2) is 0 Å². The van der Waals surface area contributed by atoms with Gasteiger partial charge in [-0.3, -0.25) is 4.79 Å². The van der Waals surface area contributed by atoms with Gasteiger partial charge in [0.05, 0.1) is 18.0 Å². The predicted octanol–water partition coefficient (Wildman–Crippen LogP) is 1.90. The van der Waals surface area contributed by atoms with E-state index in [1.54, 1.807) is 12.1 Å². The third-order valence-corrected chi connectivity index (χ3v) is 6.23. The van der Waals surface area contributed by atoms with E-state index in [1.165, 1.54) is 16.4 Å². The number of nitrogens with zero attached hydrogens (tertiary/aromatic N) is 1. The number of nitrogens with two attached hydrogens (primary N) is 1. The summed E-state index contributed by atoms with van der Waals surface area (Å²) in [5.74, 6) is -0.429. The van der Waals surface area contributed by atoms with Crippen LogP contribution in [-0.2, 0) is 21.2 Å². The van der Waals surface area contributed by atoms with Gasteiger partial charge in [-0.05, 0) is 43.2 Å². The van der Waals surface area contributed by atoms with E-state index < -0.39 is 27.6 Å². The van der Waals surface area contributed by atoms with Gasteiger partial charge >= 0.3 is 5.97 Å². The molecule has 1 unspecified atom stereocenters. The topological polar surface area (TPSA) is 110 Å². The van der Waals surface area contributed by atoms with Crippen LogP contribution in [0.2, 0.25) is 0 Å². The predicted molar refractivity (Wildman–Crippen MR) is 107 cm³/mol. The third kappa shape index (κ3) is 4.82. The molecule has 1 fully saturated rings. The number of carboxylic acid groups (broad SMARTS) is 1. The molecule has 28 heavy (non-hydrogen) atoms. The highest BCUT2D eigenvalue weighted by molar-refractivity contribution is 7.89. The van der Waals surface area contributed by atoms with Gasteiger partial charge in [-0.25, -0.2) is 8.42 Å². The Kier molecular flexibility index (Phi) is 6.71. The maximum Gasteiger partial charge on any atom is 0.320 e. The van der Waals surface area contributed by atoms with Crippen molar-refractivity contribution in [2.24, 2.45) is 5.73 Å². The second kappa shape index (κ2) is 8.48. The van der Waals surface area contributed by atoms with Gasteiger partial charge in [-0.2, -0.15) is 4.31 Å². The number of hydrogen-bond acceptors (Lipinski definition) is 5. The molecule has 0 radical (unpaired) electrons. The molecule has 7 nitrogen and oxygen atoms in total. The zero-order valence-corrected chi connectivity index (χ0v) is 16.9. The fourth-order valence-electron chi connectivity index (χ4n) is 3.03. The first-order valence-electron chi connectivity index (χ1n) is 8.51. The summed E-state index contributed by atoms with van der Waals surface area (Å²) in [6.07, 6.45) is 0.0630. The fraction of sp³-hybridized carbons (Fsp3) is 0.316. The summed E-state index contributed by atoms with van der Waals surface area (Å²) >= 11 is 0. The Balaban J connectivity index is 0.00000280. The number of sulfonamides is 1. The van der Waals surface area contributed by atoms with Gasteiger partial charge in [0, 0.05) is 0 Å². The second-order valence-corrected chi connectivity index (χ2v) is 8.87. The minimum absolute atomic E-state index is 0. The Labute approximate surface area is 170 Å².